The van der Waals surface area contributed by atoms with Gasteiger partial charge in [0.2, 0.25) is 0 Å². The molecule has 0 nitrogen and oxygen atoms in total. The van der Waals surface area contributed by atoms with Crippen LogP contribution in [0.5, 0.6) is 0 Å². The first-order valence-corrected chi connectivity index (χ1v) is 7.12. The van der Waals surface area contributed by atoms with Gasteiger partial charge in [-0.3, -0.25) is 0 Å². The van der Waals surface area contributed by atoms with Crippen molar-refractivity contribution in [1.29, 1.82) is 0 Å². The Hall–Kier alpha value is -0.300. The second kappa shape index (κ2) is 6.44. The minimum Gasteiger partial charge on any atom is -0.0888 e. The molecule has 1 aromatic rings. The fourth-order valence-corrected chi connectivity index (χ4v) is 2.37. The van der Waals surface area contributed by atoms with Crippen molar-refractivity contribution < 1.29 is 0 Å². The van der Waals surface area contributed by atoms with E-state index >= 15 is 0 Å². The number of halogens is 1. The normalized spacial score (nSPS) is 13.1. The molecular weight excluding hydrogens is 260 g/mol. The molecule has 0 amide bonds. The maximum absolute atomic E-state index is 3.74. The molecule has 16 heavy (non-hydrogen) atoms. The summed E-state index contributed by atoms with van der Waals surface area (Å²) in [4.78, 5) is 0.665. The predicted octanol–water partition coefficient (Wildman–Crippen LogP) is 5.05. The molecule has 1 rings (SSSR count). The van der Waals surface area contributed by atoms with E-state index in [1.165, 1.54) is 36.0 Å². The third-order valence-corrected chi connectivity index (χ3v) is 4.47. The molecule has 0 heterocycles. The van der Waals surface area contributed by atoms with Gasteiger partial charge >= 0.3 is 0 Å². The van der Waals surface area contributed by atoms with Gasteiger partial charge in [0.25, 0.3) is 0 Å². The quantitative estimate of drug-likeness (QED) is 0.664. The van der Waals surface area contributed by atoms with Crippen LogP contribution in [0.4, 0.5) is 0 Å². The summed E-state index contributed by atoms with van der Waals surface area (Å²) in [6.07, 6.45) is 3.75. The number of hydrogen-bond donors (Lipinski definition) is 0. The molecule has 0 saturated carbocycles. The first-order chi connectivity index (χ1) is 7.49. The summed E-state index contributed by atoms with van der Waals surface area (Å²) in [5.74, 6) is 0.735. The Kier molecular flexibility index (Phi) is 5.54. The third kappa shape index (κ3) is 4.69. The second-order valence-electron chi connectivity index (χ2n) is 5.15. The molecule has 0 aromatic heterocycles. The molecule has 0 aliphatic rings. The first kappa shape index (κ1) is 13.8. The van der Waals surface area contributed by atoms with Crippen molar-refractivity contribution in [2.24, 2.45) is 5.92 Å². The summed E-state index contributed by atoms with van der Waals surface area (Å²) >= 11 is 3.74. The number of hydrogen-bond acceptors (Lipinski definition) is 0. The predicted molar refractivity (Wildman–Crippen MR) is 76.4 cm³/mol. The Morgan fingerprint density at radius 1 is 1.06 bits per heavy atom. The largest absolute Gasteiger partial charge is 0.0888 e. The molecule has 1 unspecified atom stereocenters. The SMILES string of the molecule is Cc1cc(C)cc(CCCC(Br)C(C)C)c1. The van der Waals surface area contributed by atoms with Crippen molar-refractivity contribution in [2.45, 2.75) is 51.8 Å². The van der Waals surface area contributed by atoms with E-state index in [1.807, 2.05) is 0 Å². The van der Waals surface area contributed by atoms with Crippen LogP contribution in [0.15, 0.2) is 18.2 Å². The van der Waals surface area contributed by atoms with Crippen molar-refractivity contribution in [2.75, 3.05) is 0 Å². The van der Waals surface area contributed by atoms with Gasteiger partial charge in [0.15, 0.2) is 0 Å². The van der Waals surface area contributed by atoms with Gasteiger partial charge in [0.05, 0.1) is 0 Å². The standard InChI is InChI=1S/C15H23Br/c1-11(2)15(16)7-5-6-14-9-12(3)8-13(4)10-14/h8-11,15H,5-7H2,1-4H3. The lowest BCUT2D eigenvalue weighted by Gasteiger charge is -2.13. The van der Waals surface area contributed by atoms with E-state index in [0.717, 1.165) is 5.92 Å². The van der Waals surface area contributed by atoms with Gasteiger partial charge in [-0.2, -0.15) is 0 Å². The lowest BCUT2D eigenvalue weighted by molar-refractivity contribution is 0.562. The Balaban J connectivity index is 2.43. The highest BCUT2D eigenvalue weighted by molar-refractivity contribution is 9.09. The maximum Gasteiger partial charge on any atom is 0.0168 e. The molecule has 90 valence electrons. The molecule has 0 bridgehead atoms. The van der Waals surface area contributed by atoms with Crippen LogP contribution in [0, 0.1) is 19.8 Å². The Morgan fingerprint density at radius 3 is 2.12 bits per heavy atom. The van der Waals surface area contributed by atoms with Crippen LogP contribution >= 0.6 is 15.9 Å². The summed E-state index contributed by atoms with van der Waals surface area (Å²) in [7, 11) is 0. The maximum atomic E-state index is 3.74. The zero-order valence-corrected chi connectivity index (χ0v) is 12.5. The average Bonchev–Trinajstić information content (AvgIpc) is 2.15. The first-order valence-electron chi connectivity index (χ1n) is 6.20. The van der Waals surface area contributed by atoms with E-state index in [-0.39, 0.29) is 0 Å². The molecular formula is C15H23Br. The molecule has 0 radical (unpaired) electrons. The van der Waals surface area contributed by atoms with Gasteiger partial charge in [0.1, 0.15) is 0 Å². The van der Waals surface area contributed by atoms with Crippen molar-refractivity contribution >= 4 is 15.9 Å². The van der Waals surface area contributed by atoms with E-state index in [0.29, 0.717) is 4.83 Å². The van der Waals surface area contributed by atoms with Gasteiger partial charge in [-0.05, 0) is 44.6 Å². The van der Waals surface area contributed by atoms with Gasteiger partial charge in [-0.15, -0.1) is 0 Å². The number of rotatable bonds is 5. The van der Waals surface area contributed by atoms with E-state index < -0.39 is 0 Å². The third-order valence-electron chi connectivity index (χ3n) is 2.95. The lowest BCUT2D eigenvalue weighted by atomic mass is 10.00. The van der Waals surface area contributed by atoms with Crippen LogP contribution in [0.25, 0.3) is 0 Å². The Labute approximate surface area is 109 Å². The fourth-order valence-electron chi connectivity index (χ4n) is 2.05. The van der Waals surface area contributed by atoms with Crippen LogP contribution < -0.4 is 0 Å². The summed E-state index contributed by atoms with van der Waals surface area (Å²) in [6, 6.07) is 6.86. The zero-order chi connectivity index (χ0) is 12.1. The highest BCUT2D eigenvalue weighted by Crippen LogP contribution is 2.19. The van der Waals surface area contributed by atoms with Gasteiger partial charge < -0.3 is 0 Å². The highest BCUT2D eigenvalue weighted by atomic mass is 79.9. The minimum absolute atomic E-state index is 0.665. The lowest BCUT2D eigenvalue weighted by Crippen LogP contribution is -2.07. The minimum atomic E-state index is 0.665. The molecule has 0 spiro atoms. The van der Waals surface area contributed by atoms with Crippen molar-refractivity contribution in [3.63, 3.8) is 0 Å². The molecule has 0 N–H and O–H groups in total. The van der Waals surface area contributed by atoms with E-state index in [1.54, 1.807) is 0 Å². The van der Waals surface area contributed by atoms with Crippen LogP contribution in [-0.2, 0) is 6.42 Å². The van der Waals surface area contributed by atoms with Crippen LogP contribution in [0.2, 0.25) is 0 Å². The summed E-state index contributed by atoms with van der Waals surface area (Å²) < 4.78 is 0. The molecule has 1 heteroatoms. The molecule has 1 aromatic carbocycles. The van der Waals surface area contributed by atoms with Crippen LogP contribution in [0.1, 0.15) is 43.4 Å². The Morgan fingerprint density at radius 2 is 1.62 bits per heavy atom. The molecule has 0 aliphatic heterocycles. The van der Waals surface area contributed by atoms with Crippen molar-refractivity contribution in [1.82, 2.24) is 0 Å². The summed E-state index contributed by atoms with van der Waals surface area (Å²) in [5, 5.41) is 0. The van der Waals surface area contributed by atoms with Crippen LogP contribution in [-0.4, -0.2) is 4.83 Å². The van der Waals surface area contributed by atoms with E-state index in [4.69, 9.17) is 0 Å². The highest BCUT2D eigenvalue weighted by Gasteiger charge is 2.08. The smallest absolute Gasteiger partial charge is 0.0168 e. The van der Waals surface area contributed by atoms with Gasteiger partial charge in [-0.1, -0.05) is 59.1 Å². The van der Waals surface area contributed by atoms with Gasteiger partial charge in [0, 0.05) is 4.83 Å². The number of aryl methyl sites for hydroxylation is 3. The fraction of sp³-hybridized carbons (Fsp3) is 0.600. The number of alkyl halides is 1. The zero-order valence-electron chi connectivity index (χ0n) is 10.9. The van der Waals surface area contributed by atoms with E-state index in [9.17, 15) is 0 Å². The second-order valence-corrected chi connectivity index (χ2v) is 6.32. The Bertz CT molecular complexity index is 308. The van der Waals surface area contributed by atoms with Gasteiger partial charge in [-0.25, -0.2) is 0 Å². The monoisotopic (exact) mass is 282 g/mol. The average molecular weight is 283 g/mol. The van der Waals surface area contributed by atoms with Crippen LogP contribution in [0.3, 0.4) is 0 Å². The van der Waals surface area contributed by atoms with Crippen molar-refractivity contribution in [3.05, 3.63) is 34.9 Å². The summed E-state index contributed by atoms with van der Waals surface area (Å²) in [5.41, 5.74) is 4.25. The number of benzene rings is 1. The topological polar surface area (TPSA) is 0 Å². The summed E-state index contributed by atoms with van der Waals surface area (Å²) in [6.45, 7) is 8.91. The van der Waals surface area contributed by atoms with E-state index in [2.05, 4.69) is 61.8 Å². The van der Waals surface area contributed by atoms with Crippen molar-refractivity contribution in [3.8, 4) is 0 Å². The molecule has 0 saturated heterocycles. The molecule has 1 atom stereocenters. The molecule has 0 aliphatic carbocycles. The molecule has 0 fully saturated rings.